The third kappa shape index (κ3) is 4.53. The third-order valence-corrected chi connectivity index (χ3v) is 8.38. The summed E-state index contributed by atoms with van der Waals surface area (Å²) in [5.41, 5.74) is 18.5. The number of nitrogens with zero attached hydrogens (tertiary/aromatic N) is 8. The van der Waals surface area contributed by atoms with Gasteiger partial charge in [-0.1, -0.05) is 0 Å². The van der Waals surface area contributed by atoms with Crippen LogP contribution >= 0.6 is 7.82 Å². The molecule has 9 atom stereocenters. The van der Waals surface area contributed by atoms with Crippen molar-refractivity contribution in [2.45, 2.75) is 55.5 Å². The van der Waals surface area contributed by atoms with Gasteiger partial charge in [-0.3, -0.25) is 18.2 Å². The average Bonchev–Trinajstić information content (AvgIpc) is 3.70. The zero-order valence-electron chi connectivity index (χ0n) is 21.5. The maximum absolute atomic E-state index is 13.1. The molecule has 20 nitrogen and oxygen atoms in total. The van der Waals surface area contributed by atoms with Crippen LogP contribution < -0.4 is 17.2 Å². The number of aliphatic hydroxyl groups is 2. The number of fused-ring (bicyclic) bond motifs is 5. The van der Waals surface area contributed by atoms with Crippen molar-refractivity contribution >= 4 is 47.7 Å². The summed E-state index contributed by atoms with van der Waals surface area (Å²) < 4.78 is 44.8. The van der Waals surface area contributed by atoms with E-state index in [1.165, 1.54) is 28.1 Å². The summed E-state index contributed by atoms with van der Waals surface area (Å²) in [6, 6.07) is 0. The quantitative estimate of drug-likeness (QED) is 0.137. The standard InChI is InChI=1S/C21H26N11O9P/c22-15-11-17(26-4-25-15)31(5-27-11)20-13(34)14-10(40-20)3-38-42(35,36)41-9-1-8(7(33)2-37-14)39-19(9)32-6-28-12-16(23)29-21(24)30-18(12)32/h4-10,13-14,19-20,33-34H,1-3H2,(H,35,36)(H2,22,25,26)(H4,23,24,29,30)/t7?,8?,9-,10?,13?,14?,19?,20?/m0/s1. The lowest BCUT2D eigenvalue weighted by molar-refractivity contribution is -0.117. The summed E-state index contributed by atoms with van der Waals surface area (Å²) in [5.74, 6) is 0.0456. The molecule has 42 heavy (non-hydrogen) atoms. The molecule has 0 aliphatic carbocycles. The molecule has 7 rings (SSSR count). The zero-order valence-corrected chi connectivity index (χ0v) is 22.4. The maximum atomic E-state index is 13.1. The van der Waals surface area contributed by atoms with Crippen molar-refractivity contribution in [2.24, 2.45) is 0 Å². The highest BCUT2D eigenvalue weighted by atomic mass is 31.2. The molecule has 8 unspecified atom stereocenters. The monoisotopic (exact) mass is 607 g/mol. The largest absolute Gasteiger partial charge is 0.472 e. The second-order valence-electron chi connectivity index (χ2n) is 10.0. The Hall–Kier alpha value is -3.59. The van der Waals surface area contributed by atoms with Gasteiger partial charge in [-0.2, -0.15) is 9.97 Å². The number of anilines is 3. The Morgan fingerprint density at radius 1 is 0.857 bits per heavy atom. The van der Waals surface area contributed by atoms with Crippen molar-refractivity contribution in [1.82, 2.24) is 39.0 Å². The van der Waals surface area contributed by atoms with Crippen LogP contribution in [0.25, 0.3) is 22.3 Å². The zero-order chi connectivity index (χ0) is 29.3. The third-order valence-electron chi connectivity index (χ3n) is 7.37. The fourth-order valence-corrected chi connectivity index (χ4v) is 6.36. The van der Waals surface area contributed by atoms with Crippen LogP contribution in [0, 0.1) is 0 Å². The van der Waals surface area contributed by atoms with Gasteiger partial charge in [-0.05, 0) is 0 Å². The topological polar surface area (TPSA) is 289 Å². The molecule has 3 aliphatic heterocycles. The number of aromatic nitrogens is 8. The first-order chi connectivity index (χ1) is 20.1. The number of aliphatic hydroxyl groups excluding tert-OH is 2. The van der Waals surface area contributed by atoms with Gasteiger partial charge in [0.2, 0.25) is 5.95 Å². The first-order valence-electron chi connectivity index (χ1n) is 12.7. The van der Waals surface area contributed by atoms with E-state index in [-0.39, 0.29) is 41.8 Å². The van der Waals surface area contributed by atoms with E-state index >= 15 is 0 Å². The first-order valence-corrected chi connectivity index (χ1v) is 14.2. The fraction of sp³-hybridized carbons (Fsp3) is 0.524. The molecule has 2 bridgehead atoms. The molecule has 3 fully saturated rings. The lowest BCUT2D eigenvalue weighted by Crippen LogP contribution is -2.41. The van der Waals surface area contributed by atoms with E-state index < -0.39 is 63.5 Å². The number of nitrogen functional groups attached to an aromatic ring is 3. The Kier molecular flexibility index (Phi) is 6.49. The summed E-state index contributed by atoms with van der Waals surface area (Å²) >= 11 is 0. The number of phosphoric acid groups is 1. The van der Waals surface area contributed by atoms with Crippen LogP contribution in [0.2, 0.25) is 0 Å². The van der Waals surface area contributed by atoms with Crippen LogP contribution in [-0.2, 0) is 27.8 Å². The summed E-state index contributed by atoms with van der Waals surface area (Å²) in [6.45, 7) is -0.802. The van der Waals surface area contributed by atoms with Gasteiger partial charge in [0, 0.05) is 6.42 Å². The van der Waals surface area contributed by atoms with Gasteiger partial charge in [-0.15, -0.1) is 0 Å². The normalized spacial score (nSPS) is 35.7. The van der Waals surface area contributed by atoms with Crippen molar-refractivity contribution in [3.63, 3.8) is 0 Å². The summed E-state index contributed by atoms with van der Waals surface area (Å²) in [4.78, 5) is 35.1. The molecule has 9 N–H and O–H groups in total. The maximum Gasteiger partial charge on any atom is 0.472 e. The van der Waals surface area contributed by atoms with E-state index in [0.29, 0.717) is 11.2 Å². The Bertz CT molecular complexity index is 1700. The molecule has 3 saturated heterocycles. The molecule has 0 aromatic carbocycles. The highest BCUT2D eigenvalue weighted by Crippen LogP contribution is 2.50. The average molecular weight is 607 g/mol. The Morgan fingerprint density at radius 3 is 2.36 bits per heavy atom. The molecule has 0 spiro atoms. The SMILES string of the molecule is Nc1nc(N)c2ncn(C3OC4C[C@@H]3OP(=O)(O)OCC3OC(n5cnc6c(N)ncnc65)C(O)C3OCC4O)c2n1. The van der Waals surface area contributed by atoms with Crippen LogP contribution in [0.1, 0.15) is 18.9 Å². The smallest absolute Gasteiger partial charge is 0.388 e. The number of ether oxygens (including phenoxy) is 3. The molecular weight excluding hydrogens is 581 g/mol. The van der Waals surface area contributed by atoms with E-state index in [2.05, 4.69) is 29.9 Å². The minimum absolute atomic E-state index is 0.0294. The summed E-state index contributed by atoms with van der Waals surface area (Å²) in [6.07, 6.45) is -5.02. The molecule has 224 valence electrons. The number of imidazole rings is 2. The van der Waals surface area contributed by atoms with Crippen LogP contribution in [0.15, 0.2) is 19.0 Å². The van der Waals surface area contributed by atoms with Crippen LogP contribution in [-0.4, -0.2) is 104 Å². The Labute approximate surface area is 235 Å². The predicted octanol–water partition coefficient (Wildman–Crippen LogP) is -1.78. The van der Waals surface area contributed by atoms with Crippen LogP contribution in [0.4, 0.5) is 17.6 Å². The van der Waals surface area contributed by atoms with Gasteiger partial charge in [-0.25, -0.2) is 24.5 Å². The van der Waals surface area contributed by atoms with E-state index in [1.807, 2.05) is 0 Å². The van der Waals surface area contributed by atoms with E-state index in [1.54, 1.807) is 0 Å². The van der Waals surface area contributed by atoms with Gasteiger partial charge in [0.05, 0.1) is 32.0 Å². The molecule has 21 heteroatoms. The second kappa shape index (κ2) is 10.0. The number of phosphoric ester groups is 1. The number of hydrogen-bond acceptors (Lipinski definition) is 17. The second-order valence-corrected chi connectivity index (χ2v) is 11.4. The van der Waals surface area contributed by atoms with Crippen molar-refractivity contribution in [3.8, 4) is 0 Å². The number of nitrogens with two attached hydrogens (primary N) is 3. The van der Waals surface area contributed by atoms with Crippen molar-refractivity contribution in [3.05, 3.63) is 19.0 Å². The molecule has 0 radical (unpaired) electrons. The minimum Gasteiger partial charge on any atom is -0.388 e. The Balaban J connectivity index is 1.17. The summed E-state index contributed by atoms with van der Waals surface area (Å²) in [5, 5.41) is 22.2. The van der Waals surface area contributed by atoms with Gasteiger partial charge < -0.3 is 46.5 Å². The lowest BCUT2D eigenvalue weighted by atomic mass is 10.1. The van der Waals surface area contributed by atoms with Crippen LogP contribution in [0.3, 0.4) is 0 Å². The molecule has 0 saturated carbocycles. The van der Waals surface area contributed by atoms with Gasteiger partial charge >= 0.3 is 7.82 Å². The Morgan fingerprint density at radius 2 is 1.57 bits per heavy atom. The number of hydrogen-bond donors (Lipinski definition) is 6. The fourth-order valence-electron chi connectivity index (χ4n) is 5.43. The molecule has 4 aromatic heterocycles. The molecule has 4 aromatic rings. The van der Waals surface area contributed by atoms with Gasteiger partial charge in [0.15, 0.2) is 35.4 Å². The van der Waals surface area contributed by atoms with Gasteiger partial charge in [0.25, 0.3) is 0 Å². The van der Waals surface area contributed by atoms with E-state index in [9.17, 15) is 19.7 Å². The highest BCUT2D eigenvalue weighted by Gasteiger charge is 2.50. The molecule has 0 amide bonds. The van der Waals surface area contributed by atoms with E-state index in [0.717, 1.165) is 0 Å². The van der Waals surface area contributed by atoms with Crippen molar-refractivity contribution < 1.29 is 42.9 Å². The predicted molar refractivity (Wildman–Crippen MR) is 139 cm³/mol. The first kappa shape index (κ1) is 27.3. The molecular formula is C21H26N11O9P. The van der Waals surface area contributed by atoms with Gasteiger partial charge in [0.1, 0.15) is 47.9 Å². The molecule has 3 aliphatic rings. The minimum atomic E-state index is -4.77. The lowest BCUT2D eigenvalue weighted by Gasteiger charge is -2.25. The van der Waals surface area contributed by atoms with E-state index in [4.69, 9.17) is 40.5 Å². The van der Waals surface area contributed by atoms with Crippen molar-refractivity contribution in [1.29, 1.82) is 0 Å². The molecule has 7 heterocycles. The summed E-state index contributed by atoms with van der Waals surface area (Å²) in [7, 11) is -4.77. The van der Waals surface area contributed by atoms with Crippen molar-refractivity contribution in [2.75, 3.05) is 30.4 Å². The van der Waals surface area contributed by atoms with Crippen LogP contribution in [0.5, 0.6) is 0 Å². The highest BCUT2D eigenvalue weighted by molar-refractivity contribution is 7.47. The number of rotatable bonds is 2.